The van der Waals surface area contributed by atoms with E-state index in [1.54, 1.807) is 28.9 Å². The van der Waals surface area contributed by atoms with Crippen molar-refractivity contribution >= 4 is 21.4 Å². The Kier molecular flexibility index (Phi) is 4.74. The fourth-order valence-electron chi connectivity index (χ4n) is 1.95. The van der Waals surface area contributed by atoms with Gasteiger partial charge >= 0.3 is 0 Å². The van der Waals surface area contributed by atoms with Crippen LogP contribution in [0.15, 0.2) is 21.7 Å². The summed E-state index contributed by atoms with van der Waals surface area (Å²) in [5.41, 5.74) is 0. The molecule has 1 fully saturated rings. The minimum atomic E-state index is -3.27. The lowest BCUT2D eigenvalue weighted by Crippen LogP contribution is -2.49. The fraction of sp³-hybridized carbons (Fsp3) is 0.636. The number of sulfonamides is 1. The SMILES string of the molecule is COCCN1CCN(S(=O)(=O)c2cccs2)CC1. The van der Waals surface area contributed by atoms with Crippen molar-refractivity contribution in [3.8, 4) is 0 Å². The number of ether oxygens (including phenoxy) is 1. The van der Waals surface area contributed by atoms with Crippen molar-refractivity contribution in [1.82, 2.24) is 9.21 Å². The van der Waals surface area contributed by atoms with Gasteiger partial charge in [-0.1, -0.05) is 6.07 Å². The molecular weight excluding hydrogens is 272 g/mol. The van der Waals surface area contributed by atoms with Gasteiger partial charge in [-0.25, -0.2) is 8.42 Å². The van der Waals surface area contributed by atoms with Crippen LogP contribution in [0.5, 0.6) is 0 Å². The predicted octanol–water partition coefficient (Wildman–Crippen LogP) is 0.701. The van der Waals surface area contributed by atoms with Gasteiger partial charge < -0.3 is 4.74 Å². The molecule has 1 aliphatic rings. The summed E-state index contributed by atoms with van der Waals surface area (Å²) < 4.78 is 31.6. The molecule has 5 nitrogen and oxygen atoms in total. The molecule has 1 aromatic rings. The van der Waals surface area contributed by atoms with Gasteiger partial charge in [0.05, 0.1) is 6.61 Å². The van der Waals surface area contributed by atoms with Crippen molar-refractivity contribution in [2.75, 3.05) is 46.4 Å². The van der Waals surface area contributed by atoms with Gasteiger partial charge in [0.1, 0.15) is 4.21 Å². The Morgan fingerprint density at radius 3 is 2.61 bits per heavy atom. The highest BCUT2D eigenvalue weighted by molar-refractivity contribution is 7.91. The molecule has 0 unspecified atom stereocenters. The van der Waals surface area contributed by atoms with E-state index in [0.717, 1.165) is 19.6 Å². The van der Waals surface area contributed by atoms with Crippen LogP contribution in [0.3, 0.4) is 0 Å². The van der Waals surface area contributed by atoms with Crippen LogP contribution in [-0.2, 0) is 14.8 Å². The van der Waals surface area contributed by atoms with Gasteiger partial charge in [0.15, 0.2) is 0 Å². The molecule has 1 aromatic heterocycles. The molecule has 7 heteroatoms. The average molecular weight is 290 g/mol. The van der Waals surface area contributed by atoms with Crippen molar-refractivity contribution in [2.45, 2.75) is 4.21 Å². The van der Waals surface area contributed by atoms with Crippen molar-refractivity contribution in [3.63, 3.8) is 0 Å². The minimum absolute atomic E-state index is 0.438. The normalized spacial score (nSPS) is 19.2. The van der Waals surface area contributed by atoms with Crippen LogP contribution in [0.1, 0.15) is 0 Å². The molecule has 2 rings (SSSR count). The quantitative estimate of drug-likeness (QED) is 0.801. The number of hydrogen-bond acceptors (Lipinski definition) is 5. The van der Waals surface area contributed by atoms with Crippen LogP contribution in [0.25, 0.3) is 0 Å². The van der Waals surface area contributed by atoms with E-state index in [1.807, 2.05) is 0 Å². The van der Waals surface area contributed by atoms with E-state index in [2.05, 4.69) is 4.90 Å². The van der Waals surface area contributed by atoms with Gasteiger partial charge in [-0.15, -0.1) is 11.3 Å². The first-order chi connectivity index (χ1) is 8.64. The summed E-state index contributed by atoms with van der Waals surface area (Å²) in [6.45, 7) is 4.22. The second kappa shape index (κ2) is 6.12. The summed E-state index contributed by atoms with van der Waals surface area (Å²) >= 11 is 1.27. The zero-order chi connectivity index (χ0) is 13.0. The predicted molar refractivity (Wildman–Crippen MR) is 71.4 cm³/mol. The molecule has 0 atom stereocenters. The molecule has 0 aromatic carbocycles. The highest BCUT2D eigenvalue weighted by atomic mass is 32.2. The molecular formula is C11H18N2O3S2. The third kappa shape index (κ3) is 3.10. The number of piperazine rings is 1. The van der Waals surface area contributed by atoms with E-state index < -0.39 is 10.0 Å². The first-order valence-corrected chi connectivity index (χ1v) is 8.21. The second-order valence-corrected chi connectivity index (χ2v) is 7.28. The average Bonchev–Trinajstić information content (AvgIpc) is 2.91. The third-order valence-corrected chi connectivity index (χ3v) is 6.30. The molecule has 18 heavy (non-hydrogen) atoms. The Morgan fingerprint density at radius 1 is 1.33 bits per heavy atom. The Balaban J connectivity index is 1.94. The number of hydrogen-bond donors (Lipinski definition) is 0. The van der Waals surface area contributed by atoms with Crippen molar-refractivity contribution in [2.24, 2.45) is 0 Å². The molecule has 102 valence electrons. The second-order valence-electron chi connectivity index (χ2n) is 4.17. The van der Waals surface area contributed by atoms with Crippen molar-refractivity contribution in [1.29, 1.82) is 0 Å². The summed E-state index contributed by atoms with van der Waals surface area (Å²) in [7, 11) is -1.59. The first-order valence-electron chi connectivity index (χ1n) is 5.89. The molecule has 0 spiro atoms. The standard InChI is InChI=1S/C11H18N2O3S2/c1-16-9-8-12-4-6-13(7-5-12)18(14,15)11-3-2-10-17-11/h2-3,10H,4-9H2,1H3. The molecule has 1 aliphatic heterocycles. The highest BCUT2D eigenvalue weighted by Crippen LogP contribution is 2.21. The van der Waals surface area contributed by atoms with Gasteiger partial charge in [0.2, 0.25) is 0 Å². The molecule has 0 saturated carbocycles. The van der Waals surface area contributed by atoms with E-state index in [-0.39, 0.29) is 0 Å². The monoisotopic (exact) mass is 290 g/mol. The summed E-state index contributed by atoms with van der Waals surface area (Å²) in [6.07, 6.45) is 0. The Morgan fingerprint density at radius 2 is 2.06 bits per heavy atom. The van der Waals surface area contributed by atoms with Gasteiger partial charge in [0.25, 0.3) is 10.0 Å². The topological polar surface area (TPSA) is 49.9 Å². The summed E-state index contributed by atoms with van der Waals surface area (Å²) in [5.74, 6) is 0. The molecule has 2 heterocycles. The summed E-state index contributed by atoms with van der Waals surface area (Å²) in [5, 5.41) is 1.79. The molecule has 0 bridgehead atoms. The van der Waals surface area contributed by atoms with Crippen molar-refractivity contribution in [3.05, 3.63) is 17.5 Å². The van der Waals surface area contributed by atoms with E-state index in [1.165, 1.54) is 11.3 Å². The maximum atomic E-state index is 12.3. The van der Waals surface area contributed by atoms with E-state index in [9.17, 15) is 8.42 Å². The zero-order valence-corrected chi connectivity index (χ0v) is 12.0. The Labute approximate surface area is 112 Å². The van der Waals surface area contributed by atoms with Crippen LogP contribution in [-0.4, -0.2) is 64.1 Å². The lowest BCUT2D eigenvalue weighted by atomic mass is 10.4. The number of rotatable bonds is 5. The molecule has 0 amide bonds. The van der Waals surface area contributed by atoms with Crippen LogP contribution < -0.4 is 0 Å². The van der Waals surface area contributed by atoms with Gasteiger partial charge in [-0.3, -0.25) is 4.90 Å². The highest BCUT2D eigenvalue weighted by Gasteiger charge is 2.28. The van der Waals surface area contributed by atoms with Crippen LogP contribution in [0.4, 0.5) is 0 Å². The van der Waals surface area contributed by atoms with Crippen LogP contribution >= 0.6 is 11.3 Å². The van der Waals surface area contributed by atoms with Crippen LogP contribution in [0.2, 0.25) is 0 Å². The minimum Gasteiger partial charge on any atom is -0.383 e. The lowest BCUT2D eigenvalue weighted by molar-refractivity contribution is 0.123. The molecule has 1 saturated heterocycles. The van der Waals surface area contributed by atoms with E-state index in [4.69, 9.17) is 4.74 Å². The number of nitrogens with zero attached hydrogens (tertiary/aromatic N) is 2. The Bertz CT molecular complexity index is 451. The molecule has 0 N–H and O–H groups in total. The van der Waals surface area contributed by atoms with Crippen molar-refractivity contribution < 1.29 is 13.2 Å². The fourth-order valence-corrected chi connectivity index (χ4v) is 4.52. The summed E-state index contributed by atoms with van der Waals surface area (Å²) in [6, 6.07) is 3.43. The number of methoxy groups -OCH3 is 1. The number of thiophene rings is 1. The maximum Gasteiger partial charge on any atom is 0.252 e. The third-order valence-electron chi connectivity index (χ3n) is 3.03. The first kappa shape index (κ1) is 14.0. The van der Waals surface area contributed by atoms with Gasteiger partial charge in [0, 0.05) is 39.8 Å². The van der Waals surface area contributed by atoms with Gasteiger partial charge in [-0.05, 0) is 11.4 Å². The zero-order valence-electron chi connectivity index (χ0n) is 10.4. The largest absolute Gasteiger partial charge is 0.383 e. The summed E-state index contributed by atoms with van der Waals surface area (Å²) in [4.78, 5) is 2.23. The van der Waals surface area contributed by atoms with Gasteiger partial charge in [-0.2, -0.15) is 4.31 Å². The molecule has 0 radical (unpaired) electrons. The smallest absolute Gasteiger partial charge is 0.252 e. The molecule has 0 aliphatic carbocycles. The van der Waals surface area contributed by atoms with E-state index in [0.29, 0.717) is 23.9 Å². The van der Waals surface area contributed by atoms with Crippen LogP contribution in [0, 0.1) is 0 Å². The van der Waals surface area contributed by atoms with E-state index >= 15 is 0 Å². The maximum absolute atomic E-state index is 12.3. The Hall–Kier alpha value is -0.470. The lowest BCUT2D eigenvalue weighted by Gasteiger charge is -2.33.